The molecule has 0 saturated carbocycles. The van der Waals surface area contributed by atoms with Crippen molar-refractivity contribution in [1.82, 2.24) is 5.32 Å². The minimum absolute atomic E-state index is 0.175. The maximum atomic E-state index is 11.3. The van der Waals surface area contributed by atoms with Gasteiger partial charge in [-0.3, -0.25) is 4.79 Å². The zero-order valence-corrected chi connectivity index (χ0v) is 11.1. The summed E-state index contributed by atoms with van der Waals surface area (Å²) in [5.41, 5.74) is 0.499. The van der Waals surface area contributed by atoms with Gasteiger partial charge in [0.15, 0.2) is 6.61 Å². The van der Waals surface area contributed by atoms with E-state index in [9.17, 15) is 9.59 Å². The first-order chi connectivity index (χ1) is 9.04. The molecule has 0 aromatic heterocycles. The summed E-state index contributed by atoms with van der Waals surface area (Å²) in [5.74, 6) is -1.06. The van der Waals surface area contributed by atoms with Gasteiger partial charge in [-0.25, -0.2) is 4.79 Å². The van der Waals surface area contributed by atoms with Gasteiger partial charge in [-0.15, -0.1) is 0 Å². The predicted octanol–water partition coefficient (Wildman–Crippen LogP) is 1.95. The van der Waals surface area contributed by atoms with E-state index in [0.717, 1.165) is 6.08 Å². The van der Waals surface area contributed by atoms with Gasteiger partial charge in [0.25, 0.3) is 5.91 Å². The zero-order chi connectivity index (χ0) is 14.3. The number of nitrogens with one attached hydrogen (secondary N) is 1. The van der Waals surface area contributed by atoms with E-state index in [1.165, 1.54) is 6.08 Å². The van der Waals surface area contributed by atoms with E-state index in [0.29, 0.717) is 17.1 Å². The number of ether oxygens (including phenoxy) is 1. The Kier molecular flexibility index (Phi) is 5.89. The molecule has 1 aromatic rings. The second-order valence-corrected chi connectivity index (χ2v) is 3.98. The minimum atomic E-state index is -1.07. The van der Waals surface area contributed by atoms with Gasteiger partial charge < -0.3 is 15.2 Å². The van der Waals surface area contributed by atoms with Crippen LogP contribution in [0.15, 0.2) is 24.3 Å². The molecule has 5 nitrogen and oxygen atoms in total. The van der Waals surface area contributed by atoms with Crippen molar-refractivity contribution in [2.45, 2.75) is 6.92 Å². The lowest BCUT2D eigenvalue weighted by molar-refractivity contribution is -0.131. The summed E-state index contributed by atoms with van der Waals surface area (Å²) >= 11 is 5.97. The molecule has 0 radical (unpaired) electrons. The number of halogens is 1. The van der Waals surface area contributed by atoms with Crippen LogP contribution in [0.1, 0.15) is 12.5 Å². The van der Waals surface area contributed by atoms with Gasteiger partial charge >= 0.3 is 5.97 Å². The van der Waals surface area contributed by atoms with Crippen LogP contribution in [0.5, 0.6) is 5.75 Å². The quantitative estimate of drug-likeness (QED) is 0.783. The Morgan fingerprint density at radius 3 is 2.84 bits per heavy atom. The highest BCUT2D eigenvalue weighted by atomic mass is 35.5. The number of carbonyl (C=O) groups excluding carboxylic acids is 1. The molecule has 6 heteroatoms. The summed E-state index contributed by atoms with van der Waals surface area (Å²) in [6.45, 7) is 2.14. The number of carbonyl (C=O) groups is 2. The lowest BCUT2D eigenvalue weighted by Crippen LogP contribution is -2.28. The Bertz CT molecular complexity index is 499. The zero-order valence-electron chi connectivity index (χ0n) is 10.4. The number of aliphatic carboxylic acids is 1. The fourth-order valence-electron chi connectivity index (χ4n) is 1.36. The molecule has 1 amide bonds. The molecule has 102 valence electrons. The largest absolute Gasteiger partial charge is 0.482 e. The molecule has 0 heterocycles. The molecule has 19 heavy (non-hydrogen) atoms. The van der Waals surface area contributed by atoms with E-state index in [1.807, 2.05) is 0 Å². The van der Waals surface area contributed by atoms with Crippen molar-refractivity contribution in [3.63, 3.8) is 0 Å². The van der Waals surface area contributed by atoms with Crippen LogP contribution < -0.4 is 10.1 Å². The Balaban J connectivity index is 2.86. The summed E-state index contributed by atoms with van der Waals surface area (Å²) in [6.07, 6.45) is 2.34. The van der Waals surface area contributed by atoms with Crippen molar-refractivity contribution in [1.29, 1.82) is 0 Å². The molecule has 0 aliphatic rings. The second-order valence-electron chi connectivity index (χ2n) is 3.57. The van der Waals surface area contributed by atoms with Crippen LogP contribution in [0, 0.1) is 0 Å². The number of carboxylic acid groups (broad SMARTS) is 1. The normalized spacial score (nSPS) is 10.4. The number of benzene rings is 1. The topological polar surface area (TPSA) is 75.6 Å². The van der Waals surface area contributed by atoms with Gasteiger partial charge in [-0.05, 0) is 19.1 Å². The number of likely N-dealkylation sites (N-methyl/N-ethyl adjacent to an activating group) is 1. The minimum Gasteiger partial charge on any atom is -0.482 e. The maximum Gasteiger partial charge on any atom is 0.328 e. The number of hydrogen-bond donors (Lipinski definition) is 2. The maximum absolute atomic E-state index is 11.3. The molecule has 1 aromatic carbocycles. The van der Waals surface area contributed by atoms with Crippen LogP contribution in [0.3, 0.4) is 0 Å². The predicted molar refractivity (Wildman–Crippen MR) is 72.3 cm³/mol. The van der Waals surface area contributed by atoms with E-state index in [4.69, 9.17) is 21.4 Å². The van der Waals surface area contributed by atoms with Gasteiger partial charge in [-0.2, -0.15) is 0 Å². The first kappa shape index (κ1) is 15.0. The Morgan fingerprint density at radius 1 is 1.47 bits per heavy atom. The Hall–Kier alpha value is -2.01. The van der Waals surface area contributed by atoms with Crippen molar-refractivity contribution < 1.29 is 19.4 Å². The van der Waals surface area contributed by atoms with Gasteiger partial charge in [0.1, 0.15) is 5.75 Å². The fraction of sp³-hybridized carbons (Fsp3) is 0.231. The van der Waals surface area contributed by atoms with Crippen LogP contribution in [0.25, 0.3) is 6.08 Å². The third-order valence-corrected chi connectivity index (χ3v) is 2.42. The second kappa shape index (κ2) is 7.43. The highest BCUT2D eigenvalue weighted by molar-refractivity contribution is 6.32. The van der Waals surface area contributed by atoms with Crippen LogP contribution in [-0.2, 0) is 9.59 Å². The first-order valence-electron chi connectivity index (χ1n) is 5.63. The van der Waals surface area contributed by atoms with Gasteiger partial charge in [-0.1, -0.05) is 23.7 Å². The molecule has 2 N–H and O–H groups in total. The van der Waals surface area contributed by atoms with Crippen molar-refractivity contribution in [3.05, 3.63) is 34.9 Å². The molecule has 0 fully saturated rings. The SMILES string of the molecule is CCNC(=O)COc1c(Cl)cccc1/C=C/C(=O)O. The molecule has 0 atom stereocenters. The van der Waals surface area contributed by atoms with E-state index >= 15 is 0 Å². The van der Waals surface area contributed by atoms with E-state index in [2.05, 4.69) is 5.32 Å². The average molecular weight is 284 g/mol. The van der Waals surface area contributed by atoms with Gasteiger partial charge in [0, 0.05) is 18.2 Å². The van der Waals surface area contributed by atoms with Crippen LogP contribution in [0.4, 0.5) is 0 Å². The number of carboxylic acids is 1. The molecule has 0 aliphatic heterocycles. The number of rotatable bonds is 6. The Labute approximate surface area is 115 Å². The van der Waals surface area contributed by atoms with Crippen LogP contribution in [0.2, 0.25) is 5.02 Å². The summed E-state index contributed by atoms with van der Waals surface area (Å²) in [4.78, 5) is 21.8. The van der Waals surface area contributed by atoms with Crippen LogP contribution >= 0.6 is 11.6 Å². The highest BCUT2D eigenvalue weighted by Gasteiger charge is 2.09. The number of para-hydroxylation sites is 1. The van der Waals surface area contributed by atoms with Crippen molar-refractivity contribution >= 4 is 29.6 Å². The monoisotopic (exact) mass is 283 g/mol. The molecular weight excluding hydrogens is 270 g/mol. The van der Waals surface area contributed by atoms with E-state index in [1.54, 1.807) is 25.1 Å². The molecule has 0 spiro atoms. The summed E-state index contributed by atoms with van der Waals surface area (Å²) < 4.78 is 5.33. The molecule has 0 bridgehead atoms. The fourth-order valence-corrected chi connectivity index (χ4v) is 1.59. The van der Waals surface area contributed by atoms with Crippen molar-refractivity contribution in [3.8, 4) is 5.75 Å². The Morgan fingerprint density at radius 2 is 2.21 bits per heavy atom. The molecular formula is C13H14ClNO4. The van der Waals surface area contributed by atoms with E-state index < -0.39 is 5.97 Å². The van der Waals surface area contributed by atoms with E-state index in [-0.39, 0.29) is 18.3 Å². The molecule has 1 rings (SSSR count). The van der Waals surface area contributed by atoms with Crippen molar-refractivity contribution in [2.24, 2.45) is 0 Å². The smallest absolute Gasteiger partial charge is 0.328 e. The highest BCUT2D eigenvalue weighted by Crippen LogP contribution is 2.29. The summed E-state index contributed by atoms with van der Waals surface area (Å²) in [5, 5.41) is 11.5. The average Bonchev–Trinajstić information content (AvgIpc) is 2.35. The summed E-state index contributed by atoms with van der Waals surface area (Å²) in [6, 6.07) is 4.92. The number of hydrogen-bond acceptors (Lipinski definition) is 3. The number of amides is 1. The first-order valence-corrected chi connectivity index (χ1v) is 6.01. The standard InChI is InChI=1S/C13H14ClNO4/c1-2-15-11(16)8-19-13-9(6-7-12(17)18)4-3-5-10(13)14/h3-7H,2,8H2,1H3,(H,15,16)(H,17,18)/b7-6+. The molecule has 0 aliphatic carbocycles. The van der Waals surface area contributed by atoms with Gasteiger partial charge in [0.2, 0.25) is 0 Å². The lowest BCUT2D eigenvalue weighted by Gasteiger charge is -2.10. The molecule has 0 unspecified atom stereocenters. The third kappa shape index (κ3) is 5.01. The van der Waals surface area contributed by atoms with Crippen LogP contribution in [-0.4, -0.2) is 30.1 Å². The van der Waals surface area contributed by atoms with Gasteiger partial charge in [0.05, 0.1) is 5.02 Å². The molecule has 0 saturated heterocycles. The lowest BCUT2D eigenvalue weighted by atomic mass is 10.2. The third-order valence-electron chi connectivity index (χ3n) is 2.12. The van der Waals surface area contributed by atoms with Crippen molar-refractivity contribution in [2.75, 3.05) is 13.2 Å². The summed E-state index contributed by atoms with van der Waals surface area (Å²) in [7, 11) is 0.